The topological polar surface area (TPSA) is 123 Å². The number of nitrogens with zero attached hydrogens (tertiary/aromatic N) is 5. The van der Waals surface area contributed by atoms with Crippen molar-refractivity contribution >= 4 is 21.9 Å². The quantitative estimate of drug-likeness (QED) is 0.601. The molecule has 3 aromatic rings. The van der Waals surface area contributed by atoms with Gasteiger partial charge in [-0.3, -0.25) is 14.8 Å². The van der Waals surface area contributed by atoms with Crippen LogP contribution in [-0.2, 0) is 10.0 Å². The molecule has 0 spiro atoms. The van der Waals surface area contributed by atoms with Crippen molar-refractivity contribution in [3.63, 3.8) is 0 Å². The number of rotatable bonds is 6. The summed E-state index contributed by atoms with van der Waals surface area (Å²) in [6.07, 6.45) is 5.63. The first-order valence-corrected chi connectivity index (χ1v) is 12.1. The van der Waals surface area contributed by atoms with Gasteiger partial charge in [0.1, 0.15) is 5.69 Å². The Balaban J connectivity index is 1.43. The van der Waals surface area contributed by atoms with Crippen molar-refractivity contribution in [2.24, 2.45) is 0 Å². The van der Waals surface area contributed by atoms with Gasteiger partial charge in [0.2, 0.25) is 10.0 Å². The Morgan fingerprint density at radius 1 is 1.03 bits per heavy atom. The lowest BCUT2D eigenvalue weighted by Gasteiger charge is -2.19. The molecule has 1 fully saturated rings. The summed E-state index contributed by atoms with van der Waals surface area (Å²) in [7, 11) is -3.57. The van der Waals surface area contributed by atoms with Crippen LogP contribution in [0.5, 0.6) is 0 Å². The molecular weight excluding hydrogens is 432 g/mol. The number of benzene rings is 1. The molecule has 4 rings (SSSR count). The Bertz CT molecular complexity index is 1180. The predicted octanol–water partition coefficient (Wildman–Crippen LogP) is 3.33. The van der Waals surface area contributed by atoms with E-state index in [-0.39, 0.29) is 28.4 Å². The van der Waals surface area contributed by atoms with Crippen molar-refractivity contribution in [3.8, 4) is 11.6 Å². The SMILES string of the molecule is CC(C)n1ccc(-c2nnc(NC(=O)c3ccc(S(=O)(=O)N4CCCCCC4)cc3)o2)n1. The van der Waals surface area contributed by atoms with Crippen LogP contribution in [0.25, 0.3) is 11.6 Å². The van der Waals surface area contributed by atoms with Gasteiger partial charge >= 0.3 is 6.01 Å². The fourth-order valence-corrected chi connectivity index (χ4v) is 5.01. The van der Waals surface area contributed by atoms with E-state index in [0.717, 1.165) is 25.7 Å². The van der Waals surface area contributed by atoms with Gasteiger partial charge in [0.25, 0.3) is 11.8 Å². The summed E-state index contributed by atoms with van der Waals surface area (Å²) in [4.78, 5) is 12.7. The lowest BCUT2D eigenvalue weighted by atomic mass is 10.2. The lowest BCUT2D eigenvalue weighted by Crippen LogP contribution is -2.31. The summed E-state index contributed by atoms with van der Waals surface area (Å²) in [6, 6.07) is 7.73. The summed E-state index contributed by atoms with van der Waals surface area (Å²) in [5.41, 5.74) is 0.790. The van der Waals surface area contributed by atoms with E-state index in [0.29, 0.717) is 18.8 Å². The molecule has 11 heteroatoms. The Morgan fingerprint density at radius 3 is 2.34 bits per heavy atom. The minimum atomic E-state index is -3.57. The maximum atomic E-state index is 12.9. The molecule has 0 atom stereocenters. The van der Waals surface area contributed by atoms with E-state index in [2.05, 4.69) is 20.6 Å². The van der Waals surface area contributed by atoms with E-state index >= 15 is 0 Å². The number of amides is 1. The first-order chi connectivity index (χ1) is 15.3. The number of hydrogen-bond donors (Lipinski definition) is 1. The molecule has 1 N–H and O–H groups in total. The molecule has 170 valence electrons. The van der Waals surface area contributed by atoms with Crippen LogP contribution in [0.2, 0.25) is 0 Å². The van der Waals surface area contributed by atoms with Crippen LogP contribution in [0.1, 0.15) is 55.9 Å². The summed E-state index contributed by atoms with van der Waals surface area (Å²) >= 11 is 0. The summed E-state index contributed by atoms with van der Waals surface area (Å²) < 4.78 is 34.5. The van der Waals surface area contributed by atoms with Gasteiger partial charge < -0.3 is 4.42 Å². The van der Waals surface area contributed by atoms with Gasteiger partial charge in [-0.1, -0.05) is 17.9 Å². The predicted molar refractivity (Wildman–Crippen MR) is 118 cm³/mol. The van der Waals surface area contributed by atoms with Crippen LogP contribution in [-0.4, -0.2) is 51.7 Å². The molecule has 3 heterocycles. The van der Waals surface area contributed by atoms with Crippen LogP contribution in [0, 0.1) is 0 Å². The zero-order valence-corrected chi connectivity index (χ0v) is 18.9. The van der Waals surface area contributed by atoms with Gasteiger partial charge in [-0.2, -0.15) is 9.40 Å². The molecule has 1 aliphatic heterocycles. The zero-order valence-electron chi connectivity index (χ0n) is 18.1. The van der Waals surface area contributed by atoms with Gasteiger partial charge in [-0.25, -0.2) is 8.42 Å². The molecule has 1 amide bonds. The number of anilines is 1. The van der Waals surface area contributed by atoms with E-state index in [9.17, 15) is 13.2 Å². The fourth-order valence-electron chi connectivity index (χ4n) is 3.50. The Hall–Kier alpha value is -3.05. The molecule has 1 aromatic carbocycles. The Labute approximate surface area is 186 Å². The molecule has 0 aliphatic carbocycles. The van der Waals surface area contributed by atoms with E-state index in [1.807, 2.05) is 20.0 Å². The number of aromatic nitrogens is 4. The second-order valence-electron chi connectivity index (χ2n) is 7.98. The smallest absolute Gasteiger partial charge is 0.322 e. The fraction of sp³-hybridized carbons (Fsp3) is 0.429. The highest BCUT2D eigenvalue weighted by Gasteiger charge is 2.25. The number of carbonyl (C=O) groups excluding carboxylic acids is 1. The molecule has 0 radical (unpaired) electrons. The second kappa shape index (κ2) is 9.21. The highest BCUT2D eigenvalue weighted by atomic mass is 32.2. The Kier molecular flexibility index (Phi) is 6.38. The maximum Gasteiger partial charge on any atom is 0.322 e. The molecule has 0 bridgehead atoms. The number of hydrogen-bond acceptors (Lipinski definition) is 7. The first-order valence-electron chi connectivity index (χ1n) is 10.7. The van der Waals surface area contributed by atoms with Gasteiger partial charge in [-0.05, 0) is 57.0 Å². The molecular formula is C21H26N6O4S. The number of sulfonamides is 1. The summed E-state index contributed by atoms with van der Waals surface area (Å²) in [5.74, 6) is -0.287. The number of nitrogens with one attached hydrogen (secondary N) is 1. The standard InChI is InChI=1S/C21H26N6O4S/c1-15(2)27-14-11-18(25-27)20-23-24-21(31-20)22-19(28)16-7-9-17(10-8-16)32(29,30)26-12-5-3-4-6-13-26/h7-11,14-15H,3-6,12-13H2,1-2H3,(H,22,24,28). The van der Waals surface area contributed by atoms with E-state index in [1.165, 1.54) is 28.6 Å². The Morgan fingerprint density at radius 2 is 1.72 bits per heavy atom. The third-order valence-corrected chi connectivity index (χ3v) is 7.23. The molecule has 32 heavy (non-hydrogen) atoms. The molecule has 1 saturated heterocycles. The third kappa shape index (κ3) is 4.73. The summed E-state index contributed by atoms with van der Waals surface area (Å²) in [5, 5.41) is 14.6. The van der Waals surface area contributed by atoms with Crippen molar-refractivity contribution < 1.29 is 17.6 Å². The number of carbonyl (C=O) groups is 1. The second-order valence-corrected chi connectivity index (χ2v) is 9.92. The zero-order chi connectivity index (χ0) is 22.7. The van der Waals surface area contributed by atoms with Crippen molar-refractivity contribution in [2.45, 2.75) is 50.5 Å². The van der Waals surface area contributed by atoms with E-state index < -0.39 is 15.9 Å². The highest BCUT2D eigenvalue weighted by molar-refractivity contribution is 7.89. The minimum Gasteiger partial charge on any atom is -0.401 e. The summed E-state index contributed by atoms with van der Waals surface area (Å²) in [6.45, 7) is 5.06. The van der Waals surface area contributed by atoms with Gasteiger partial charge in [0.05, 0.1) is 4.90 Å². The van der Waals surface area contributed by atoms with Gasteiger partial charge in [0.15, 0.2) is 0 Å². The first kappa shape index (κ1) is 22.2. The van der Waals surface area contributed by atoms with Gasteiger partial charge in [0, 0.05) is 30.9 Å². The average molecular weight is 459 g/mol. The maximum absolute atomic E-state index is 12.9. The molecule has 0 unspecified atom stereocenters. The third-order valence-electron chi connectivity index (χ3n) is 5.32. The van der Waals surface area contributed by atoms with Crippen molar-refractivity contribution in [1.29, 1.82) is 0 Å². The average Bonchev–Trinajstić information content (AvgIpc) is 3.36. The van der Waals surface area contributed by atoms with E-state index in [1.54, 1.807) is 10.7 Å². The normalized spacial score (nSPS) is 15.6. The van der Waals surface area contributed by atoms with Gasteiger partial charge in [-0.15, -0.1) is 5.10 Å². The van der Waals surface area contributed by atoms with Crippen LogP contribution >= 0.6 is 0 Å². The van der Waals surface area contributed by atoms with Crippen molar-refractivity contribution in [1.82, 2.24) is 24.3 Å². The molecule has 10 nitrogen and oxygen atoms in total. The van der Waals surface area contributed by atoms with Crippen molar-refractivity contribution in [2.75, 3.05) is 18.4 Å². The highest BCUT2D eigenvalue weighted by Crippen LogP contribution is 2.22. The minimum absolute atomic E-state index is 0.0645. The van der Waals surface area contributed by atoms with Crippen LogP contribution in [0.3, 0.4) is 0 Å². The molecule has 1 aliphatic rings. The van der Waals surface area contributed by atoms with Crippen LogP contribution < -0.4 is 5.32 Å². The lowest BCUT2D eigenvalue weighted by molar-refractivity contribution is 0.102. The van der Waals surface area contributed by atoms with Crippen LogP contribution in [0.15, 0.2) is 45.8 Å². The molecule has 0 saturated carbocycles. The van der Waals surface area contributed by atoms with E-state index in [4.69, 9.17) is 4.42 Å². The van der Waals surface area contributed by atoms with Crippen LogP contribution in [0.4, 0.5) is 6.01 Å². The van der Waals surface area contributed by atoms with Crippen molar-refractivity contribution in [3.05, 3.63) is 42.1 Å². The monoisotopic (exact) mass is 458 g/mol. The molecule has 2 aromatic heterocycles. The largest absolute Gasteiger partial charge is 0.401 e.